The van der Waals surface area contributed by atoms with Crippen LogP contribution in [0.2, 0.25) is 0 Å². The average Bonchev–Trinajstić information content (AvgIpc) is 2.98. The molecule has 0 unspecified atom stereocenters. The smallest absolute Gasteiger partial charge is 0.191 e. The minimum atomic E-state index is 0.661. The Balaban J connectivity index is 1.53. The molecule has 0 saturated heterocycles. The molecule has 2 heterocycles. The lowest BCUT2D eigenvalue weighted by molar-refractivity contribution is 0.297. The second-order valence-electron chi connectivity index (χ2n) is 5.68. The van der Waals surface area contributed by atoms with Crippen molar-refractivity contribution in [1.29, 1.82) is 0 Å². The highest BCUT2D eigenvalue weighted by molar-refractivity contribution is 7.11. The van der Waals surface area contributed by atoms with Gasteiger partial charge in [0.2, 0.25) is 0 Å². The molecule has 7 heteroatoms. The summed E-state index contributed by atoms with van der Waals surface area (Å²) >= 11 is 1.73. The van der Waals surface area contributed by atoms with E-state index in [1.165, 1.54) is 4.88 Å². The Morgan fingerprint density at radius 3 is 2.76 bits per heavy atom. The van der Waals surface area contributed by atoms with E-state index in [-0.39, 0.29) is 0 Å². The number of hydrogen-bond acceptors (Lipinski definition) is 5. The van der Waals surface area contributed by atoms with E-state index < -0.39 is 0 Å². The Labute approximate surface area is 152 Å². The normalized spacial score (nSPS) is 14.1. The number of hydrogen-bond donors (Lipinski definition) is 2. The maximum atomic E-state index is 5.73. The van der Waals surface area contributed by atoms with Crippen molar-refractivity contribution in [1.82, 2.24) is 15.6 Å². The van der Waals surface area contributed by atoms with Gasteiger partial charge in [0, 0.05) is 31.1 Å². The van der Waals surface area contributed by atoms with Crippen molar-refractivity contribution in [2.45, 2.75) is 32.9 Å². The van der Waals surface area contributed by atoms with Crippen LogP contribution in [0.1, 0.15) is 28.8 Å². The molecule has 0 radical (unpaired) electrons. The third kappa shape index (κ3) is 4.85. The molecule has 0 aliphatic carbocycles. The van der Waals surface area contributed by atoms with E-state index in [0.717, 1.165) is 40.9 Å². The summed E-state index contributed by atoms with van der Waals surface area (Å²) in [6.45, 7) is 4.87. The second kappa shape index (κ2) is 8.71. The Bertz CT molecular complexity index is 730. The molecule has 1 aliphatic rings. The summed E-state index contributed by atoms with van der Waals surface area (Å²) in [5.74, 6) is 2.38. The number of aromatic nitrogens is 1. The maximum Gasteiger partial charge on any atom is 0.191 e. The maximum absolute atomic E-state index is 5.73. The summed E-state index contributed by atoms with van der Waals surface area (Å²) in [5, 5.41) is 7.68. The van der Waals surface area contributed by atoms with Crippen molar-refractivity contribution < 1.29 is 9.47 Å². The van der Waals surface area contributed by atoms with Gasteiger partial charge in [0.05, 0.1) is 19.8 Å². The fraction of sp³-hybridized carbons (Fsp3) is 0.444. The number of nitrogens with one attached hydrogen (secondary N) is 2. The third-order valence-corrected chi connectivity index (χ3v) is 4.99. The van der Waals surface area contributed by atoms with Gasteiger partial charge in [-0.2, -0.15) is 0 Å². The van der Waals surface area contributed by atoms with Gasteiger partial charge in [-0.25, -0.2) is 4.98 Å². The molecule has 1 aliphatic heterocycles. The lowest BCUT2D eigenvalue weighted by Crippen LogP contribution is -2.36. The van der Waals surface area contributed by atoms with Crippen LogP contribution in [0.3, 0.4) is 0 Å². The lowest BCUT2D eigenvalue weighted by Gasteiger charge is -2.13. The molecular formula is C18H24N4O2S. The summed E-state index contributed by atoms with van der Waals surface area (Å²) in [5.41, 5.74) is 1.12. The van der Waals surface area contributed by atoms with E-state index in [9.17, 15) is 0 Å². The summed E-state index contributed by atoms with van der Waals surface area (Å²) < 4.78 is 11.4. The molecule has 0 fully saturated rings. The van der Waals surface area contributed by atoms with Crippen LogP contribution in [0.15, 0.2) is 29.4 Å². The van der Waals surface area contributed by atoms with Crippen molar-refractivity contribution in [3.63, 3.8) is 0 Å². The number of benzene rings is 1. The summed E-state index contributed by atoms with van der Waals surface area (Å²) in [6.07, 6.45) is 3.87. The first-order valence-electron chi connectivity index (χ1n) is 8.55. The van der Waals surface area contributed by atoms with Crippen LogP contribution in [0, 0.1) is 0 Å². The third-order valence-electron chi connectivity index (χ3n) is 3.85. The first-order chi connectivity index (χ1) is 12.3. The average molecular weight is 360 g/mol. The van der Waals surface area contributed by atoms with Crippen molar-refractivity contribution in [3.8, 4) is 11.5 Å². The molecule has 1 aromatic heterocycles. The zero-order valence-electron chi connectivity index (χ0n) is 14.7. The Hall–Kier alpha value is -2.28. The van der Waals surface area contributed by atoms with E-state index in [2.05, 4.69) is 27.5 Å². The molecule has 0 atom stereocenters. The molecule has 0 spiro atoms. The Morgan fingerprint density at radius 2 is 2.00 bits per heavy atom. The predicted octanol–water partition coefficient (Wildman–Crippen LogP) is 2.73. The number of rotatable bonds is 5. The molecule has 2 N–H and O–H groups in total. The van der Waals surface area contributed by atoms with Gasteiger partial charge in [-0.3, -0.25) is 4.99 Å². The zero-order chi connectivity index (χ0) is 17.5. The topological polar surface area (TPSA) is 67.8 Å². The number of nitrogens with zero attached hydrogens (tertiary/aromatic N) is 2. The van der Waals surface area contributed by atoms with E-state index in [0.29, 0.717) is 26.3 Å². The number of thiazole rings is 1. The monoisotopic (exact) mass is 360 g/mol. The van der Waals surface area contributed by atoms with Gasteiger partial charge in [-0.15, -0.1) is 11.3 Å². The van der Waals surface area contributed by atoms with Crippen LogP contribution in [0.4, 0.5) is 0 Å². The minimum Gasteiger partial charge on any atom is -0.490 e. The van der Waals surface area contributed by atoms with Gasteiger partial charge in [-0.1, -0.05) is 13.0 Å². The molecule has 6 nitrogen and oxygen atoms in total. The summed E-state index contributed by atoms with van der Waals surface area (Å²) in [6, 6.07) is 6.03. The highest BCUT2D eigenvalue weighted by Crippen LogP contribution is 2.30. The minimum absolute atomic E-state index is 0.661. The number of aryl methyl sites for hydroxylation is 1. The van der Waals surface area contributed by atoms with Crippen LogP contribution in [0.25, 0.3) is 0 Å². The van der Waals surface area contributed by atoms with E-state index in [1.807, 2.05) is 24.4 Å². The highest BCUT2D eigenvalue weighted by Gasteiger charge is 2.11. The fourth-order valence-electron chi connectivity index (χ4n) is 2.48. The van der Waals surface area contributed by atoms with Crippen LogP contribution >= 0.6 is 11.3 Å². The molecular weight excluding hydrogens is 336 g/mol. The molecule has 25 heavy (non-hydrogen) atoms. The molecule has 0 amide bonds. The van der Waals surface area contributed by atoms with Gasteiger partial charge in [-0.05, 0) is 24.1 Å². The molecule has 1 aromatic carbocycles. The van der Waals surface area contributed by atoms with Crippen LogP contribution in [-0.4, -0.2) is 31.2 Å². The van der Waals surface area contributed by atoms with Gasteiger partial charge in [0.1, 0.15) is 5.01 Å². The summed E-state index contributed by atoms with van der Waals surface area (Å²) in [4.78, 5) is 9.97. The van der Waals surface area contributed by atoms with Crippen molar-refractivity contribution in [2.24, 2.45) is 4.99 Å². The zero-order valence-corrected chi connectivity index (χ0v) is 15.5. The number of aliphatic imine (C=N–C) groups is 1. The van der Waals surface area contributed by atoms with Gasteiger partial charge in [0.15, 0.2) is 17.5 Å². The van der Waals surface area contributed by atoms with Crippen LogP contribution < -0.4 is 20.1 Å². The van der Waals surface area contributed by atoms with Crippen molar-refractivity contribution in [2.75, 3.05) is 20.3 Å². The van der Waals surface area contributed by atoms with Crippen molar-refractivity contribution in [3.05, 3.63) is 39.8 Å². The number of guanidine groups is 1. The first kappa shape index (κ1) is 17.5. The molecule has 134 valence electrons. The fourth-order valence-corrected chi connectivity index (χ4v) is 3.28. The van der Waals surface area contributed by atoms with Crippen LogP contribution in [0.5, 0.6) is 11.5 Å². The Kier molecular flexibility index (Phi) is 6.11. The SMILES string of the molecule is CCc1cnc(CNC(=NC)NCc2ccc3c(c2)OCCCO3)s1. The first-order valence-corrected chi connectivity index (χ1v) is 9.36. The lowest BCUT2D eigenvalue weighted by atomic mass is 10.2. The van der Waals surface area contributed by atoms with E-state index in [4.69, 9.17) is 9.47 Å². The second-order valence-corrected chi connectivity index (χ2v) is 6.88. The molecule has 0 bridgehead atoms. The largest absolute Gasteiger partial charge is 0.490 e. The van der Waals surface area contributed by atoms with Crippen molar-refractivity contribution >= 4 is 17.3 Å². The molecule has 2 aromatic rings. The number of fused-ring (bicyclic) bond motifs is 1. The highest BCUT2D eigenvalue weighted by atomic mass is 32.1. The van der Waals surface area contributed by atoms with Gasteiger partial charge >= 0.3 is 0 Å². The van der Waals surface area contributed by atoms with Crippen LogP contribution in [-0.2, 0) is 19.5 Å². The summed E-state index contributed by atoms with van der Waals surface area (Å²) in [7, 11) is 1.77. The van der Waals surface area contributed by atoms with Gasteiger partial charge < -0.3 is 20.1 Å². The Morgan fingerprint density at radius 1 is 1.20 bits per heavy atom. The standard InChI is InChI=1S/C18H24N4O2S/c1-3-14-11-20-17(25-14)12-22-18(19-2)21-10-13-5-6-15-16(9-13)24-8-4-7-23-15/h5-6,9,11H,3-4,7-8,10,12H2,1-2H3,(H2,19,21,22). The predicted molar refractivity (Wildman–Crippen MR) is 101 cm³/mol. The van der Waals surface area contributed by atoms with Gasteiger partial charge in [0.25, 0.3) is 0 Å². The van der Waals surface area contributed by atoms with E-state index >= 15 is 0 Å². The molecule has 0 saturated carbocycles. The quantitative estimate of drug-likeness (QED) is 0.634. The van der Waals surface area contributed by atoms with E-state index in [1.54, 1.807) is 18.4 Å². The number of ether oxygens (including phenoxy) is 2. The molecule has 3 rings (SSSR count).